The fourth-order valence-electron chi connectivity index (χ4n) is 1.96. The van der Waals surface area contributed by atoms with E-state index < -0.39 is 8.80 Å². The van der Waals surface area contributed by atoms with Gasteiger partial charge in [-0.25, -0.2) is 0 Å². The van der Waals surface area contributed by atoms with E-state index >= 15 is 0 Å². The van der Waals surface area contributed by atoms with Gasteiger partial charge in [-0.1, -0.05) is 30.4 Å². The summed E-state index contributed by atoms with van der Waals surface area (Å²) in [5, 5.41) is 1.17. The summed E-state index contributed by atoms with van der Waals surface area (Å²) >= 11 is 0. The van der Waals surface area contributed by atoms with E-state index in [-0.39, 0.29) is 0 Å². The number of allylic oxidation sites excluding steroid dienone is 6. The van der Waals surface area contributed by atoms with Gasteiger partial charge < -0.3 is 13.3 Å². The van der Waals surface area contributed by atoms with E-state index in [0.29, 0.717) is 19.8 Å². The molecular formula is C14H24O3Si. The van der Waals surface area contributed by atoms with E-state index in [1.807, 2.05) is 32.9 Å². The summed E-state index contributed by atoms with van der Waals surface area (Å²) in [6.45, 7) is 7.80. The SMILES string of the molecule is CCO[Si](OCC)(OCC)/C1=C/C=C\C=C/CC1. The summed E-state index contributed by atoms with van der Waals surface area (Å²) in [6.07, 6.45) is 12.3. The molecule has 1 rings (SSSR count). The second-order valence-corrected chi connectivity index (χ2v) is 6.52. The third-order valence-corrected chi connectivity index (χ3v) is 5.84. The van der Waals surface area contributed by atoms with Gasteiger partial charge in [-0.05, 0) is 33.6 Å². The Morgan fingerprint density at radius 2 is 1.56 bits per heavy atom. The molecule has 0 aromatic rings. The summed E-state index contributed by atoms with van der Waals surface area (Å²) in [5.74, 6) is 0. The van der Waals surface area contributed by atoms with Gasteiger partial charge in [0, 0.05) is 25.0 Å². The predicted molar refractivity (Wildman–Crippen MR) is 76.2 cm³/mol. The first-order chi connectivity index (χ1) is 8.79. The van der Waals surface area contributed by atoms with Crippen LogP contribution in [0.25, 0.3) is 0 Å². The van der Waals surface area contributed by atoms with Crippen LogP contribution in [-0.4, -0.2) is 28.6 Å². The van der Waals surface area contributed by atoms with Crippen LogP contribution in [0.15, 0.2) is 35.6 Å². The van der Waals surface area contributed by atoms with Gasteiger partial charge in [-0.15, -0.1) is 0 Å². The van der Waals surface area contributed by atoms with E-state index in [1.165, 1.54) is 5.20 Å². The summed E-state index contributed by atoms with van der Waals surface area (Å²) in [4.78, 5) is 0. The van der Waals surface area contributed by atoms with Gasteiger partial charge in [-0.3, -0.25) is 0 Å². The molecule has 0 spiro atoms. The van der Waals surface area contributed by atoms with Crippen molar-refractivity contribution in [1.82, 2.24) is 0 Å². The lowest BCUT2D eigenvalue weighted by molar-refractivity contribution is 0.0798. The van der Waals surface area contributed by atoms with Gasteiger partial charge in [0.1, 0.15) is 0 Å². The third kappa shape index (κ3) is 4.21. The number of hydrogen-bond acceptors (Lipinski definition) is 3. The van der Waals surface area contributed by atoms with E-state index in [2.05, 4.69) is 18.2 Å². The molecule has 18 heavy (non-hydrogen) atoms. The molecule has 4 heteroatoms. The van der Waals surface area contributed by atoms with E-state index in [0.717, 1.165) is 12.8 Å². The highest BCUT2D eigenvalue weighted by Crippen LogP contribution is 2.25. The van der Waals surface area contributed by atoms with Gasteiger partial charge in [0.05, 0.1) is 0 Å². The van der Waals surface area contributed by atoms with Crippen molar-refractivity contribution < 1.29 is 13.3 Å². The van der Waals surface area contributed by atoms with Crippen molar-refractivity contribution in [3.05, 3.63) is 35.6 Å². The van der Waals surface area contributed by atoms with Gasteiger partial charge >= 0.3 is 8.80 Å². The highest BCUT2D eigenvalue weighted by atomic mass is 28.4. The summed E-state index contributed by atoms with van der Waals surface area (Å²) in [7, 11) is -2.67. The Kier molecular flexibility index (Phi) is 7.20. The van der Waals surface area contributed by atoms with Crippen LogP contribution in [0.5, 0.6) is 0 Å². The van der Waals surface area contributed by atoms with Crippen molar-refractivity contribution in [3.63, 3.8) is 0 Å². The minimum Gasteiger partial charge on any atom is -0.370 e. The first-order valence-electron chi connectivity index (χ1n) is 6.73. The predicted octanol–water partition coefficient (Wildman–Crippen LogP) is 3.41. The van der Waals surface area contributed by atoms with Crippen LogP contribution in [-0.2, 0) is 13.3 Å². The van der Waals surface area contributed by atoms with Crippen LogP contribution in [0.2, 0.25) is 0 Å². The van der Waals surface area contributed by atoms with E-state index in [9.17, 15) is 0 Å². The normalized spacial score (nSPS) is 22.7. The maximum absolute atomic E-state index is 5.91. The largest absolute Gasteiger partial charge is 0.532 e. The van der Waals surface area contributed by atoms with Crippen molar-refractivity contribution in [2.45, 2.75) is 33.6 Å². The van der Waals surface area contributed by atoms with Gasteiger partial charge in [0.25, 0.3) is 0 Å². The molecule has 1 aliphatic rings. The summed E-state index contributed by atoms with van der Waals surface area (Å²) in [5.41, 5.74) is 0. The second-order valence-electron chi connectivity index (χ2n) is 3.90. The molecule has 0 radical (unpaired) electrons. The Labute approximate surface area is 112 Å². The average molecular weight is 268 g/mol. The van der Waals surface area contributed by atoms with Crippen LogP contribution in [0.1, 0.15) is 33.6 Å². The Bertz CT molecular complexity index is 304. The lowest BCUT2D eigenvalue weighted by Gasteiger charge is -2.30. The summed E-state index contributed by atoms with van der Waals surface area (Å²) < 4.78 is 17.7. The molecule has 0 saturated carbocycles. The van der Waals surface area contributed by atoms with Gasteiger partial charge in [0.2, 0.25) is 0 Å². The fraction of sp³-hybridized carbons (Fsp3) is 0.571. The molecule has 0 amide bonds. The number of hydrogen-bond donors (Lipinski definition) is 0. The van der Waals surface area contributed by atoms with Crippen LogP contribution in [0.4, 0.5) is 0 Å². The second kappa shape index (κ2) is 8.42. The van der Waals surface area contributed by atoms with Crippen LogP contribution in [0.3, 0.4) is 0 Å². The molecule has 0 aromatic carbocycles. The molecule has 0 N–H and O–H groups in total. The Balaban J connectivity index is 2.97. The zero-order valence-electron chi connectivity index (χ0n) is 11.6. The third-order valence-electron chi connectivity index (χ3n) is 2.63. The molecule has 0 bridgehead atoms. The fourth-order valence-corrected chi connectivity index (χ4v) is 4.66. The lowest BCUT2D eigenvalue weighted by atomic mass is 10.2. The minimum atomic E-state index is -2.67. The zero-order chi connectivity index (χ0) is 13.3. The van der Waals surface area contributed by atoms with Crippen molar-refractivity contribution in [2.24, 2.45) is 0 Å². The topological polar surface area (TPSA) is 27.7 Å². The highest BCUT2D eigenvalue weighted by molar-refractivity contribution is 6.68. The molecule has 0 atom stereocenters. The molecule has 0 saturated heterocycles. The first kappa shape index (κ1) is 15.4. The molecule has 0 aromatic heterocycles. The van der Waals surface area contributed by atoms with Gasteiger partial charge in [0.15, 0.2) is 0 Å². The van der Waals surface area contributed by atoms with E-state index in [4.69, 9.17) is 13.3 Å². The van der Waals surface area contributed by atoms with Crippen LogP contribution >= 0.6 is 0 Å². The van der Waals surface area contributed by atoms with Crippen molar-refractivity contribution in [2.75, 3.05) is 19.8 Å². The molecule has 3 nitrogen and oxygen atoms in total. The van der Waals surface area contributed by atoms with Crippen molar-refractivity contribution in [1.29, 1.82) is 0 Å². The van der Waals surface area contributed by atoms with E-state index in [1.54, 1.807) is 0 Å². The zero-order valence-corrected chi connectivity index (χ0v) is 12.6. The first-order valence-corrected chi connectivity index (χ1v) is 8.46. The number of rotatable bonds is 7. The Morgan fingerprint density at radius 1 is 0.944 bits per heavy atom. The quantitative estimate of drug-likeness (QED) is 0.662. The van der Waals surface area contributed by atoms with Crippen molar-refractivity contribution in [3.8, 4) is 0 Å². The maximum atomic E-state index is 5.91. The van der Waals surface area contributed by atoms with Crippen molar-refractivity contribution >= 4 is 8.80 Å². The Morgan fingerprint density at radius 3 is 2.11 bits per heavy atom. The summed E-state index contributed by atoms with van der Waals surface area (Å²) in [6, 6.07) is 0. The minimum absolute atomic E-state index is 0.614. The Hall–Kier alpha value is -0.683. The molecule has 0 unspecified atom stereocenters. The molecular weight excluding hydrogens is 244 g/mol. The molecule has 1 aliphatic carbocycles. The van der Waals surface area contributed by atoms with Crippen LogP contribution in [0, 0.1) is 0 Å². The monoisotopic (exact) mass is 268 g/mol. The maximum Gasteiger partial charge on any atom is 0.532 e. The molecule has 102 valence electrons. The highest BCUT2D eigenvalue weighted by Gasteiger charge is 2.44. The molecule has 0 aliphatic heterocycles. The standard InChI is InChI=1S/C14H24O3Si/c1-4-15-18(16-5-2,17-6-3)14-12-10-8-7-9-11-13-14/h7-10,12H,4-6,11,13H2,1-3H3/b9-7-,10-8-,14-12+. The lowest BCUT2D eigenvalue weighted by Crippen LogP contribution is -2.48. The molecule has 0 heterocycles. The van der Waals surface area contributed by atoms with Crippen LogP contribution < -0.4 is 0 Å². The average Bonchev–Trinajstić information content (AvgIpc) is 2.29. The smallest absolute Gasteiger partial charge is 0.370 e. The molecule has 0 fully saturated rings. The van der Waals surface area contributed by atoms with Gasteiger partial charge in [-0.2, -0.15) is 0 Å².